The zero-order valence-electron chi connectivity index (χ0n) is 12.3. The number of ether oxygens (including phenoxy) is 1. The van der Waals surface area contributed by atoms with Crippen molar-refractivity contribution in [2.24, 2.45) is 5.73 Å². The Kier molecular flexibility index (Phi) is 5.22. The molecule has 2 unspecified atom stereocenters. The number of nitrogens with two attached hydrogens (primary N) is 1. The van der Waals surface area contributed by atoms with Gasteiger partial charge in [-0.25, -0.2) is 4.98 Å². The van der Waals surface area contributed by atoms with Gasteiger partial charge in [0, 0.05) is 23.0 Å². The monoisotopic (exact) mass is 326 g/mol. The van der Waals surface area contributed by atoms with Crippen molar-refractivity contribution in [1.82, 2.24) is 4.98 Å². The molecule has 0 saturated carbocycles. The molecule has 0 aliphatic heterocycles. The lowest BCUT2D eigenvalue weighted by atomic mass is 9.91. The molecule has 2 rings (SSSR count). The molecule has 2 atom stereocenters. The Hall–Kier alpha value is -1.14. The molecule has 1 heterocycles. The van der Waals surface area contributed by atoms with Crippen LogP contribution in [0, 0.1) is 13.8 Å². The summed E-state index contributed by atoms with van der Waals surface area (Å²) in [4.78, 5) is 5.20. The van der Waals surface area contributed by atoms with Crippen molar-refractivity contribution >= 4 is 22.9 Å². The van der Waals surface area contributed by atoms with Gasteiger partial charge in [0.05, 0.1) is 28.8 Å². The molecule has 0 spiro atoms. The average molecular weight is 327 g/mol. The summed E-state index contributed by atoms with van der Waals surface area (Å²) in [7, 11) is 1.59. The first-order valence-electron chi connectivity index (χ1n) is 6.63. The van der Waals surface area contributed by atoms with Crippen LogP contribution in [-0.2, 0) is 0 Å². The minimum atomic E-state index is -0.728. The van der Waals surface area contributed by atoms with Crippen molar-refractivity contribution in [1.29, 1.82) is 0 Å². The van der Waals surface area contributed by atoms with Crippen molar-refractivity contribution in [3.05, 3.63) is 44.4 Å². The van der Waals surface area contributed by atoms with E-state index >= 15 is 0 Å². The molecular formula is C15H19ClN2O2S. The lowest BCUT2D eigenvalue weighted by Crippen LogP contribution is -2.20. The van der Waals surface area contributed by atoms with Gasteiger partial charge in [-0.05, 0) is 32.0 Å². The number of benzene rings is 1. The Morgan fingerprint density at radius 3 is 2.67 bits per heavy atom. The number of aliphatic hydroxyl groups excluding tert-OH is 1. The third-order valence-electron chi connectivity index (χ3n) is 3.43. The van der Waals surface area contributed by atoms with E-state index in [1.54, 1.807) is 25.3 Å². The highest BCUT2D eigenvalue weighted by Gasteiger charge is 2.27. The van der Waals surface area contributed by atoms with Crippen molar-refractivity contribution in [3.63, 3.8) is 0 Å². The number of thiazole rings is 1. The zero-order chi connectivity index (χ0) is 15.6. The maximum absolute atomic E-state index is 10.7. The average Bonchev–Trinajstić information content (AvgIpc) is 2.78. The Labute approximate surface area is 133 Å². The highest BCUT2D eigenvalue weighted by atomic mass is 35.5. The van der Waals surface area contributed by atoms with Gasteiger partial charge in [-0.2, -0.15) is 0 Å². The van der Waals surface area contributed by atoms with Crippen LogP contribution < -0.4 is 10.5 Å². The third-order valence-corrected chi connectivity index (χ3v) is 4.81. The second-order valence-corrected chi connectivity index (χ2v) is 6.53. The molecule has 1 aromatic carbocycles. The standard InChI is InChI=1S/C15H19ClN2O2S/c1-8-15(21-9(2)18-8)14(19)12(7-17)11-6-10(16)4-5-13(11)20-3/h4-6,12,14,19H,7,17H2,1-3H3. The van der Waals surface area contributed by atoms with Crippen LogP contribution in [0.15, 0.2) is 18.2 Å². The number of aromatic nitrogens is 1. The predicted octanol–water partition coefficient (Wildman–Crippen LogP) is 3.20. The van der Waals surface area contributed by atoms with Gasteiger partial charge < -0.3 is 15.6 Å². The normalized spacial score (nSPS) is 14.0. The molecule has 0 bridgehead atoms. The molecule has 0 radical (unpaired) electrons. The van der Waals surface area contributed by atoms with Crippen molar-refractivity contribution in [3.8, 4) is 5.75 Å². The van der Waals surface area contributed by atoms with Gasteiger partial charge >= 0.3 is 0 Å². The Morgan fingerprint density at radius 2 is 2.14 bits per heavy atom. The molecule has 0 fully saturated rings. The summed E-state index contributed by atoms with van der Waals surface area (Å²) in [5.41, 5.74) is 7.55. The Bertz CT molecular complexity index is 630. The summed E-state index contributed by atoms with van der Waals surface area (Å²) in [5.74, 6) is 0.380. The molecule has 0 aliphatic rings. The van der Waals surface area contributed by atoms with Gasteiger partial charge in [0.1, 0.15) is 5.75 Å². The van der Waals surface area contributed by atoms with Crippen LogP contribution >= 0.6 is 22.9 Å². The van der Waals surface area contributed by atoms with Crippen molar-refractivity contribution < 1.29 is 9.84 Å². The molecule has 3 N–H and O–H groups in total. The van der Waals surface area contributed by atoms with Gasteiger partial charge in [0.2, 0.25) is 0 Å². The van der Waals surface area contributed by atoms with E-state index in [1.807, 2.05) is 13.8 Å². The molecule has 4 nitrogen and oxygen atoms in total. The van der Waals surface area contributed by atoms with Gasteiger partial charge in [0.25, 0.3) is 0 Å². The van der Waals surface area contributed by atoms with E-state index < -0.39 is 6.10 Å². The second kappa shape index (κ2) is 6.75. The fraction of sp³-hybridized carbons (Fsp3) is 0.400. The van der Waals surface area contributed by atoms with Crippen LogP contribution in [0.5, 0.6) is 5.75 Å². The minimum Gasteiger partial charge on any atom is -0.496 e. The lowest BCUT2D eigenvalue weighted by molar-refractivity contribution is 0.148. The van der Waals surface area contributed by atoms with Gasteiger partial charge in [-0.1, -0.05) is 11.6 Å². The number of hydrogen-bond acceptors (Lipinski definition) is 5. The fourth-order valence-electron chi connectivity index (χ4n) is 2.43. The van der Waals surface area contributed by atoms with Crippen LogP contribution in [0.1, 0.15) is 33.2 Å². The van der Waals surface area contributed by atoms with Crippen molar-refractivity contribution in [2.75, 3.05) is 13.7 Å². The van der Waals surface area contributed by atoms with Crippen LogP contribution in [0.4, 0.5) is 0 Å². The third kappa shape index (κ3) is 3.37. The summed E-state index contributed by atoms with van der Waals surface area (Å²) in [6, 6.07) is 5.34. The predicted molar refractivity (Wildman–Crippen MR) is 86.3 cm³/mol. The first-order chi connectivity index (χ1) is 9.97. The molecule has 2 aromatic rings. The van der Waals surface area contributed by atoms with Crippen molar-refractivity contribution in [2.45, 2.75) is 25.9 Å². The van der Waals surface area contributed by atoms with E-state index in [1.165, 1.54) is 11.3 Å². The number of nitrogens with zero attached hydrogens (tertiary/aromatic N) is 1. The number of rotatable bonds is 5. The molecule has 0 saturated heterocycles. The van der Waals surface area contributed by atoms with Crippen LogP contribution in [0.3, 0.4) is 0 Å². The quantitative estimate of drug-likeness (QED) is 0.885. The summed E-state index contributed by atoms with van der Waals surface area (Å²) in [5, 5.41) is 12.2. The van der Waals surface area contributed by atoms with Crippen LogP contribution in [0.2, 0.25) is 5.02 Å². The smallest absolute Gasteiger partial charge is 0.122 e. The van der Waals surface area contributed by atoms with E-state index in [-0.39, 0.29) is 12.5 Å². The van der Waals surface area contributed by atoms with E-state index in [2.05, 4.69) is 4.98 Å². The summed E-state index contributed by atoms with van der Waals surface area (Å²) >= 11 is 7.56. The van der Waals surface area contributed by atoms with Crippen LogP contribution in [0.25, 0.3) is 0 Å². The SMILES string of the molecule is COc1ccc(Cl)cc1C(CN)C(O)c1sc(C)nc1C. The lowest BCUT2D eigenvalue weighted by Gasteiger charge is -2.23. The molecule has 1 aromatic heterocycles. The van der Waals surface area contributed by atoms with Gasteiger partial charge in [0.15, 0.2) is 0 Å². The first-order valence-corrected chi connectivity index (χ1v) is 7.82. The minimum absolute atomic E-state index is 0.286. The molecule has 21 heavy (non-hydrogen) atoms. The number of hydrogen-bond donors (Lipinski definition) is 2. The topological polar surface area (TPSA) is 68.4 Å². The van der Waals surface area contributed by atoms with E-state index in [9.17, 15) is 5.11 Å². The second-order valence-electron chi connectivity index (χ2n) is 4.86. The van der Waals surface area contributed by atoms with E-state index in [0.717, 1.165) is 21.1 Å². The first kappa shape index (κ1) is 16.2. The maximum atomic E-state index is 10.7. The number of halogens is 1. The highest BCUT2D eigenvalue weighted by Crippen LogP contribution is 2.39. The zero-order valence-corrected chi connectivity index (χ0v) is 13.8. The number of aryl methyl sites for hydroxylation is 2. The van der Waals surface area contributed by atoms with Gasteiger partial charge in [-0.15, -0.1) is 11.3 Å². The van der Waals surface area contributed by atoms with Gasteiger partial charge in [-0.3, -0.25) is 0 Å². The largest absolute Gasteiger partial charge is 0.496 e. The molecule has 0 amide bonds. The fourth-order valence-corrected chi connectivity index (χ4v) is 3.58. The molecule has 6 heteroatoms. The molecule has 114 valence electrons. The van der Waals surface area contributed by atoms with E-state index in [4.69, 9.17) is 22.1 Å². The maximum Gasteiger partial charge on any atom is 0.122 e. The number of aliphatic hydroxyl groups is 1. The van der Waals surface area contributed by atoms with Crippen LogP contribution in [-0.4, -0.2) is 23.7 Å². The Balaban J connectivity index is 2.44. The molecular weight excluding hydrogens is 308 g/mol. The Morgan fingerprint density at radius 1 is 1.43 bits per heavy atom. The summed E-state index contributed by atoms with van der Waals surface area (Å²) < 4.78 is 5.37. The number of methoxy groups -OCH3 is 1. The highest BCUT2D eigenvalue weighted by molar-refractivity contribution is 7.11. The molecule has 0 aliphatic carbocycles. The van der Waals surface area contributed by atoms with E-state index in [0.29, 0.717) is 10.8 Å². The summed E-state index contributed by atoms with van der Waals surface area (Å²) in [6.07, 6.45) is -0.728. The summed E-state index contributed by atoms with van der Waals surface area (Å²) in [6.45, 7) is 4.10.